The summed E-state index contributed by atoms with van der Waals surface area (Å²) in [5.74, 6) is 2.03. The van der Waals surface area contributed by atoms with Gasteiger partial charge < -0.3 is 10.1 Å². The quantitative estimate of drug-likeness (QED) is 0.461. The minimum atomic E-state index is 0.316. The van der Waals surface area contributed by atoms with Gasteiger partial charge in [0.05, 0.1) is 18.3 Å². The third-order valence-electron chi connectivity index (χ3n) is 5.34. The van der Waals surface area contributed by atoms with Crippen molar-refractivity contribution in [1.29, 1.82) is 0 Å². The van der Waals surface area contributed by atoms with E-state index in [1.807, 2.05) is 0 Å². The first-order valence-electron chi connectivity index (χ1n) is 9.22. The highest BCUT2D eigenvalue weighted by Crippen LogP contribution is 2.52. The van der Waals surface area contributed by atoms with Gasteiger partial charge in [-0.3, -0.25) is 0 Å². The SMILES string of the molecule is CCCCOc1cccc2c1NC(c1ccc(Br)cc1)C1CC=CC21. The number of nitrogens with one attached hydrogen (secondary N) is 1. The first-order chi connectivity index (χ1) is 12.3. The molecule has 1 heterocycles. The number of unbranched alkanes of at least 4 members (excludes halogenated alkanes) is 1. The summed E-state index contributed by atoms with van der Waals surface area (Å²) in [6.07, 6.45) is 8.08. The fourth-order valence-electron chi connectivity index (χ4n) is 4.04. The van der Waals surface area contributed by atoms with Crippen LogP contribution in [0.3, 0.4) is 0 Å². The maximum Gasteiger partial charge on any atom is 0.142 e. The van der Waals surface area contributed by atoms with Crippen molar-refractivity contribution < 1.29 is 4.74 Å². The van der Waals surface area contributed by atoms with Crippen LogP contribution in [0, 0.1) is 5.92 Å². The summed E-state index contributed by atoms with van der Waals surface area (Å²) >= 11 is 3.55. The Hall–Kier alpha value is -1.74. The number of para-hydroxylation sites is 1. The number of halogens is 1. The molecule has 0 bridgehead atoms. The van der Waals surface area contributed by atoms with Crippen LogP contribution in [-0.4, -0.2) is 6.61 Å². The van der Waals surface area contributed by atoms with E-state index in [4.69, 9.17) is 4.74 Å². The van der Waals surface area contributed by atoms with Gasteiger partial charge in [-0.2, -0.15) is 0 Å². The van der Waals surface area contributed by atoms with Crippen molar-refractivity contribution in [2.75, 3.05) is 11.9 Å². The van der Waals surface area contributed by atoms with E-state index in [1.165, 1.54) is 16.8 Å². The van der Waals surface area contributed by atoms with Gasteiger partial charge in [0.15, 0.2) is 0 Å². The molecular formula is C22H24BrNO. The Morgan fingerprint density at radius 3 is 2.80 bits per heavy atom. The summed E-state index contributed by atoms with van der Waals surface area (Å²) in [6.45, 7) is 2.97. The van der Waals surface area contributed by atoms with E-state index in [2.05, 4.69) is 82.8 Å². The maximum absolute atomic E-state index is 6.10. The molecule has 1 aliphatic heterocycles. The summed E-state index contributed by atoms with van der Waals surface area (Å²) < 4.78 is 7.22. The van der Waals surface area contributed by atoms with Gasteiger partial charge in [0, 0.05) is 10.4 Å². The molecule has 2 aromatic rings. The molecule has 130 valence electrons. The predicted octanol–water partition coefficient (Wildman–Crippen LogP) is 6.45. The van der Waals surface area contributed by atoms with E-state index in [0.717, 1.165) is 36.1 Å². The smallest absolute Gasteiger partial charge is 0.142 e. The fourth-order valence-corrected chi connectivity index (χ4v) is 4.30. The van der Waals surface area contributed by atoms with Crippen LogP contribution in [0.25, 0.3) is 0 Å². The molecule has 1 aliphatic carbocycles. The summed E-state index contributed by atoms with van der Waals surface area (Å²) in [7, 11) is 0. The summed E-state index contributed by atoms with van der Waals surface area (Å²) in [5, 5.41) is 3.82. The summed E-state index contributed by atoms with van der Waals surface area (Å²) in [6, 6.07) is 15.5. The van der Waals surface area contributed by atoms with Gasteiger partial charge in [-0.1, -0.05) is 65.7 Å². The van der Waals surface area contributed by atoms with Gasteiger partial charge in [0.2, 0.25) is 0 Å². The number of benzene rings is 2. The Bertz CT molecular complexity index is 768. The lowest BCUT2D eigenvalue weighted by Crippen LogP contribution is -2.29. The number of anilines is 1. The molecule has 0 saturated carbocycles. The molecule has 0 radical (unpaired) electrons. The first-order valence-corrected chi connectivity index (χ1v) is 10.0. The van der Waals surface area contributed by atoms with Gasteiger partial charge >= 0.3 is 0 Å². The lowest BCUT2D eigenvalue weighted by molar-refractivity contribution is 0.308. The highest BCUT2D eigenvalue weighted by molar-refractivity contribution is 9.10. The van der Waals surface area contributed by atoms with E-state index in [9.17, 15) is 0 Å². The van der Waals surface area contributed by atoms with Gasteiger partial charge in [-0.05, 0) is 48.1 Å². The summed E-state index contributed by atoms with van der Waals surface area (Å²) in [4.78, 5) is 0. The van der Waals surface area contributed by atoms with Crippen LogP contribution in [0.15, 0.2) is 59.1 Å². The molecule has 3 atom stereocenters. The average molecular weight is 398 g/mol. The summed E-state index contributed by atoms with van der Waals surface area (Å²) in [5.41, 5.74) is 3.90. The minimum absolute atomic E-state index is 0.316. The Morgan fingerprint density at radius 2 is 2.00 bits per heavy atom. The van der Waals surface area contributed by atoms with E-state index in [0.29, 0.717) is 17.9 Å². The lowest BCUT2D eigenvalue weighted by atomic mass is 9.77. The standard InChI is InChI=1S/C22H24BrNO/c1-2-3-14-25-20-9-5-8-19-17-6-4-7-18(17)21(24-22(19)20)15-10-12-16(23)13-11-15/h4-6,8-13,17-18,21,24H,2-3,7,14H2,1H3. The molecule has 3 heteroatoms. The van der Waals surface area contributed by atoms with Crippen LogP contribution >= 0.6 is 15.9 Å². The molecular weight excluding hydrogens is 374 g/mol. The molecule has 3 unspecified atom stereocenters. The predicted molar refractivity (Wildman–Crippen MR) is 107 cm³/mol. The van der Waals surface area contributed by atoms with Crippen molar-refractivity contribution in [2.45, 2.75) is 38.1 Å². The highest BCUT2D eigenvalue weighted by atomic mass is 79.9. The van der Waals surface area contributed by atoms with E-state index in [1.54, 1.807) is 0 Å². The molecule has 2 aromatic carbocycles. The molecule has 0 aromatic heterocycles. The molecule has 0 spiro atoms. The molecule has 25 heavy (non-hydrogen) atoms. The van der Waals surface area contributed by atoms with Crippen molar-refractivity contribution in [2.24, 2.45) is 5.92 Å². The molecule has 1 N–H and O–H groups in total. The number of hydrogen-bond donors (Lipinski definition) is 1. The van der Waals surface area contributed by atoms with Crippen LogP contribution in [0.5, 0.6) is 5.75 Å². The van der Waals surface area contributed by atoms with Crippen LogP contribution < -0.4 is 10.1 Å². The number of fused-ring (bicyclic) bond motifs is 3. The lowest BCUT2D eigenvalue weighted by Gasteiger charge is -2.38. The number of ether oxygens (including phenoxy) is 1. The van der Waals surface area contributed by atoms with Crippen LogP contribution in [0.1, 0.15) is 49.3 Å². The maximum atomic E-state index is 6.10. The number of hydrogen-bond acceptors (Lipinski definition) is 2. The zero-order valence-electron chi connectivity index (χ0n) is 14.5. The average Bonchev–Trinajstić information content (AvgIpc) is 3.12. The highest BCUT2D eigenvalue weighted by Gasteiger charge is 2.38. The number of rotatable bonds is 5. The molecule has 2 aliphatic rings. The van der Waals surface area contributed by atoms with E-state index < -0.39 is 0 Å². The second kappa shape index (κ2) is 7.25. The van der Waals surface area contributed by atoms with Gasteiger partial charge in [0.25, 0.3) is 0 Å². The minimum Gasteiger partial charge on any atom is -0.491 e. The zero-order valence-corrected chi connectivity index (χ0v) is 16.1. The van der Waals surface area contributed by atoms with Crippen LogP contribution in [-0.2, 0) is 0 Å². The normalized spacial score (nSPS) is 23.7. The third-order valence-corrected chi connectivity index (χ3v) is 5.87. The monoisotopic (exact) mass is 397 g/mol. The largest absolute Gasteiger partial charge is 0.491 e. The molecule has 2 nitrogen and oxygen atoms in total. The first kappa shape index (κ1) is 16.7. The fraction of sp³-hybridized carbons (Fsp3) is 0.364. The van der Waals surface area contributed by atoms with Crippen molar-refractivity contribution in [3.8, 4) is 5.75 Å². The zero-order chi connectivity index (χ0) is 17.2. The Morgan fingerprint density at radius 1 is 1.16 bits per heavy atom. The van der Waals surface area contributed by atoms with Crippen LogP contribution in [0.4, 0.5) is 5.69 Å². The Labute approximate surface area is 158 Å². The van der Waals surface area contributed by atoms with Crippen LogP contribution in [0.2, 0.25) is 0 Å². The Balaban J connectivity index is 1.70. The molecule has 0 saturated heterocycles. The molecule has 0 amide bonds. The van der Waals surface area contributed by atoms with E-state index >= 15 is 0 Å². The van der Waals surface area contributed by atoms with Gasteiger partial charge in [-0.25, -0.2) is 0 Å². The topological polar surface area (TPSA) is 21.3 Å². The second-order valence-corrected chi connectivity index (χ2v) is 7.87. The molecule has 0 fully saturated rings. The van der Waals surface area contributed by atoms with Crippen molar-refractivity contribution in [3.05, 3.63) is 70.2 Å². The molecule has 4 rings (SSSR count). The van der Waals surface area contributed by atoms with Crippen molar-refractivity contribution in [3.63, 3.8) is 0 Å². The van der Waals surface area contributed by atoms with Gasteiger partial charge in [0.1, 0.15) is 5.75 Å². The Kier molecular flexibility index (Phi) is 4.85. The van der Waals surface area contributed by atoms with E-state index in [-0.39, 0.29) is 0 Å². The second-order valence-electron chi connectivity index (χ2n) is 6.95. The third kappa shape index (κ3) is 3.22. The number of allylic oxidation sites excluding steroid dienone is 2. The van der Waals surface area contributed by atoms with Crippen molar-refractivity contribution in [1.82, 2.24) is 0 Å². The van der Waals surface area contributed by atoms with Gasteiger partial charge in [-0.15, -0.1) is 0 Å². The van der Waals surface area contributed by atoms with Crippen molar-refractivity contribution >= 4 is 21.6 Å².